The molecule has 0 aromatic heterocycles. The lowest BCUT2D eigenvalue weighted by Crippen LogP contribution is -2.30. The van der Waals surface area contributed by atoms with Crippen LogP contribution in [0, 0.1) is 12.8 Å². The van der Waals surface area contributed by atoms with E-state index in [0.717, 1.165) is 12.8 Å². The quantitative estimate of drug-likeness (QED) is 0.581. The molecule has 2 heteroatoms. The zero-order valence-electron chi connectivity index (χ0n) is 6.38. The van der Waals surface area contributed by atoms with E-state index in [4.69, 9.17) is 16.4 Å². The normalized spacial score (nSPS) is 34.2. The lowest BCUT2D eigenvalue weighted by Gasteiger charge is -2.26. The fourth-order valence-electron chi connectivity index (χ4n) is 0.960. The van der Waals surface area contributed by atoms with Crippen molar-refractivity contribution in [3.8, 4) is 0 Å². The van der Waals surface area contributed by atoms with Gasteiger partial charge < -0.3 is 9.47 Å². The van der Waals surface area contributed by atoms with E-state index in [2.05, 4.69) is 6.92 Å². The van der Waals surface area contributed by atoms with Gasteiger partial charge in [-0.1, -0.05) is 13.3 Å². The van der Waals surface area contributed by atoms with Crippen molar-refractivity contribution in [1.29, 1.82) is 0 Å². The van der Waals surface area contributed by atoms with Crippen LogP contribution in [0.3, 0.4) is 0 Å². The van der Waals surface area contributed by atoms with Gasteiger partial charge in [0.05, 0.1) is 13.2 Å². The summed E-state index contributed by atoms with van der Waals surface area (Å²) >= 11 is 0. The van der Waals surface area contributed by atoms with Crippen LogP contribution in [0.4, 0.5) is 0 Å². The van der Waals surface area contributed by atoms with Gasteiger partial charge in [-0.3, -0.25) is 0 Å². The molecule has 0 aliphatic carbocycles. The van der Waals surface area contributed by atoms with Crippen molar-refractivity contribution < 1.29 is 9.47 Å². The molecule has 1 fully saturated rings. The molecule has 58 valence electrons. The zero-order chi connectivity index (χ0) is 7.40. The van der Waals surface area contributed by atoms with Gasteiger partial charge in [-0.2, -0.15) is 0 Å². The molecule has 0 saturated carbocycles. The van der Waals surface area contributed by atoms with Crippen molar-refractivity contribution in [3.05, 3.63) is 6.92 Å². The van der Waals surface area contributed by atoms with E-state index in [9.17, 15) is 0 Å². The topological polar surface area (TPSA) is 18.5 Å². The Kier molecular flexibility index (Phi) is 3.16. The molecule has 0 bridgehead atoms. The highest BCUT2D eigenvalue weighted by Crippen LogP contribution is 2.13. The molecule has 0 N–H and O–H groups in total. The molecule has 1 heterocycles. The third-order valence-corrected chi connectivity index (χ3v) is 1.52. The van der Waals surface area contributed by atoms with Crippen molar-refractivity contribution in [2.75, 3.05) is 13.2 Å². The van der Waals surface area contributed by atoms with Gasteiger partial charge in [-0.25, -0.2) is 0 Å². The Labute approximate surface area is 62.5 Å². The van der Waals surface area contributed by atoms with Crippen LogP contribution < -0.4 is 0 Å². The molecule has 0 spiro atoms. The van der Waals surface area contributed by atoms with Gasteiger partial charge >= 0.3 is 0 Å². The fraction of sp³-hybridized carbons (Fsp3) is 0.875. The van der Waals surface area contributed by atoms with E-state index < -0.39 is 0 Å². The third-order valence-electron chi connectivity index (χ3n) is 1.52. The summed E-state index contributed by atoms with van der Waals surface area (Å²) in [5.74, 6) is 0.0770. The monoisotopic (exact) mass is 142 g/mol. The van der Waals surface area contributed by atoms with Gasteiger partial charge in [0, 0.05) is 5.92 Å². The van der Waals surface area contributed by atoms with Crippen molar-refractivity contribution in [3.63, 3.8) is 0 Å². The maximum atomic E-state index is 5.54. The Balaban J connectivity index is 2.13. The lowest BCUT2D eigenvalue weighted by molar-refractivity contribution is -0.195. The first-order chi connectivity index (χ1) is 4.83. The summed E-state index contributed by atoms with van der Waals surface area (Å²) in [6.45, 7) is 8.94. The van der Waals surface area contributed by atoms with E-state index in [1.165, 1.54) is 0 Å². The van der Waals surface area contributed by atoms with Gasteiger partial charge in [-0.15, -0.1) is 0 Å². The zero-order valence-corrected chi connectivity index (χ0v) is 6.38. The minimum Gasteiger partial charge on any atom is -0.352 e. The molecular weight excluding hydrogens is 128 g/mol. The highest BCUT2D eigenvalue weighted by Gasteiger charge is 2.17. The Morgan fingerprint density at radius 1 is 1.40 bits per heavy atom. The summed E-state index contributed by atoms with van der Waals surface area (Å²) in [6.07, 6.45) is 2.08. The standard InChI is InChI=1S/C8H14O2/c1-3-4-8-9-5-7(2)6-10-8/h2,7-8H,3-6H2,1H3. The maximum Gasteiger partial charge on any atom is 0.157 e. The van der Waals surface area contributed by atoms with E-state index in [-0.39, 0.29) is 12.2 Å². The molecular formula is C8H14O2. The molecule has 0 atom stereocenters. The molecule has 0 aromatic rings. The predicted molar refractivity (Wildman–Crippen MR) is 38.4 cm³/mol. The van der Waals surface area contributed by atoms with Crippen LogP contribution in [-0.4, -0.2) is 19.5 Å². The summed E-state index contributed by atoms with van der Waals surface area (Å²) in [7, 11) is 0. The highest BCUT2D eigenvalue weighted by molar-refractivity contribution is 4.63. The van der Waals surface area contributed by atoms with Crippen LogP contribution in [0.15, 0.2) is 0 Å². The van der Waals surface area contributed by atoms with Crippen LogP contribution in [0.25, 0.3) is 0 Å². The SMILES string of the molecule is [CH]C1COC(CCC)OC1. The molecule has 1 aliphatic heterocycles. The molecule has 1 aliphatic rings. The maximum absolute atomic E-state index is 5.54. The first kappa shape index (κ1) is 8.02. The minimum absolute atomic E-state index is 0.00444. The molecule has 1 saturated heterocycles. The number of ether oxygens (including phenoxy) is 2. The van der Waals surface area contributed by atoms with Crippen LogP contribution in [0.1, 0.15) is 19.8 Å². The number of hydrogen-bond acceptors (Lipinski definition) is 2. The Bertz CT molecular complexity index is 85.3. The van der Waals surface area contributed by atoms with Crippen molar-refractivity contribution in [2.24, 2.45) is 5.92 Å². The largest absolute Gasteiger partial charge is 0.352 e. The number of hydrogen-bond donors (Lipinski definition) is 0. The Morgan fingerprint density at radius 2 is 2.00 bits per heavy atom. The molecule has 0 amide bonds. The van der Waals surface area contributed by atoms with Gasteiger partial charge in [0.15, 0.2) is 6.29 Å². The van der Waals surface area contributed by atoms with Gasteiger partial charge in [0.2, 0.25) is 0 Å². The second-order valence-electron chi connectivity index (χ2n) is 2.64. The molecule has 1 rings (SSSR count). The number of rotatable bonds is 2. The van der Waals surface area contributed by atoms with Crippen molar-refractivity contribution in [2.45, 2.75) is 26.1 Å². The summed E-state index contributed by atoms with van der Waals surface area (Å²) in [5.41, 5.74) is 0. The summed E-state index contributed by atoms with van der Waals surface area (Å²) < 4.78 is 10.6. The molecule has 2 radical (unpaired) electrons. The molecule has 10 heavy (non-hydrogen) atoms. The minimum atomic E-state index is 0.00444. The lowest BCUT2D eigenvalue weighted by atomic mass is 10.2. The van der Waals surface area contributed by atoms with Crippen molar-refractivity contribution in [1.82, 2.24) is 0 Å². The second-order valence-corrected chi connectivity index (χ2v) is 2.64. The van der Waals surface area contributed by atoms with E-state index >= 15 is 0 Å². The summed E-state index contributed by atoms with van der Waals surface area (Å²) in [4.78, 5) is 0. The first-order valence-corrected chi connectivity index (χ1v) is 3.81. The summed E-state index contributed by atoms with van der Waals surface area (Å²) in [5, 5.41) is 0. The van der Waals surface area contributed by atoms with Crippen LogP contribution in [0.2, 0.25) is 0 Å². The fourth-order valence-corrected chi connectivity index (χ4v) is 0.960. The average Bonchev–Trinajstić information content (AvgIpc) is 1.95. The van der Waals surface area contributed by atoms with E-state index in [0.29, 0.717) is 13.2 Å². The first-order valence-electron chi connectivity index (χ1n) is 3.81. The van der Waals surface area contributed by atoms with Gasteiger partial charge in [0.25, 0.3) is 0 Å². The average molecular weight is 142 g/mol. The van der Waals surface area contributed by atoms with Crippen LogP contribution in [0.5, 0.6) is 0 Å². The van der Waals surface area contributed by atoms with Crippen LogP contribution in [-0.2, 0) is 9.47 Å². The smallest absolute Gasteiger partial charge is 0.157 e. The van der Waals surface area contributed by atoms with Gasteiger partial charge in [-0.05, 0) is 13.3 Å². The molecule has 0 aromatic carbocycles. The van der Waals surface area contributed by atoms with Crippen LogP contribution >= 0.6 is 0 Å². The second kappa shape index (κ2) is 3.94. The highest BCUT2D eigenvalue weighted by atomic mass is 16.7. The Hall–Kier alpha value is -0.0800. The van der Waals surface area contributed by atoms with E-state index in [1.54, 1.807) is 0 Å². The van der Waals surface area contributed by atoms with Crippen molar-refractivity contribution >= 4 is 0 Å². The third kappa shape index (κ3) is 2.27. The van der Waals surface area contributed by atoms with Gasteiger partial charge in [0.1, 0.15) is 0 Å². The molecule has 0 unspecified atom stereocenters. The predicted octanol–water partition coefficient (Wildman–Crippen LogP) is 1.49. The van der Waals surface area contributed by atoms with E-state index in [1.807, 2.05) is 0 Å². The summed E-state index contributed by atoms with van der Waals surface area (Å²) in [6, 6.07) is 0. The molecule has 2 nitrogen and oxygen atoms in total. The Morgan fingerprint density at radius 3 is 2.50 bits per heavy atom.